The van der Waals surface area contributed by atoms with E-state index in [0.717, 1.165) is 60.9 Å². The quantitative estimate of drug-likeness (QED) is 0.798. The van der Waals surface area contributed by atoms with Crippen molar-refractivity contribution in [1.29, 1.82) is 0 Å². The number of pyridine rings is 1. The van der Waals surface area contributed by atoms with Crippen molar-refractivity contribution in [2.45, 2.75) is 31.1 Å². The summed E-state index contributed by atoms with van der Waals surface area (Å²) < 4.78 is 18.9. The molecule has 1 aromatic heterocycles. The van der Waals surface area contributed by atoms with Gasteiger partial charge in [0.1, 0.15) is 5.82 Å². The van der Waals surface area contributed by atoms with Gasteiger partial charge in [-0.3, -0.25) is 4.79 Å². The predicted octanol–water partition coefficient (Wildman–Crippen LogP) is 4.53. The van der Waals surface area contributed by atoms with Gasteiger partial charge in [-0.2, -0.15) is 11.8 Å². The lowest BCUT2D eigenvalue weighted by atomic mass is 9.88. The standard InChI is InChI=1S/C22H24FN3O2S/c1-28-18-11-15(4-5-17(18)23)25-21-20-14-3-2-13(10-14)19(20)16(12-24-21)22(27)26-6-8-29-9-7-26/h4-5,11-14H,2-3,6-10H2,1H3,(H,24,25). The summed E-state index contributed by atoms with van der Waals surface area (Å²) in [7, 11) is 1.45. The maximum atomic E-state index is 13.8. The van der Waals surface area contributed by atoms with Crippen LogP contribution in [0.5, 0.6) is 5.75 Å². The van der Waals surface area contributed by atoms with Gasteiger partial charge in [-0.25, -0.2) is 9.37 Å². The normalized spacial score (nSPS) is 22.5. The Balaban J connectivity index is 1.51. The summed E-state index contributed by atoms with van der Waals surface area (Å²) in [6.07, 6.45) is 5.12. The molecule has 1 saturated carbocycles. The van der Waals surface area contributed by atoms with Crippen LogP contribution in [0.25, 0.3) is 0 Å². The Hall–Kier alpha value is -2.28. The molecule has 3 aliphatic rings. The minimum Gasteiger partial charge on any atom is -0.494 e. The Labute approximate surface area is 174 Å². The number of carbonyl (C=O) groups is 1. The Kier molecular flexibility index (Phi) is 4.86. The highest BCUT2D eigenvalue weighted by molar-refractivity contribution is 7.99. The summed E-state index contributed by atoms with van der Waals surface area (Å²) in [6.45, 7) is 1.61. The molecule has 29 heavy (non-hydrogen) atoms. The molecule has 1 aliphatic heterocycles. The van der Waals surface area contributed by atoms with Crippen molar-refractivity contribution in [2.75, 3.05) is 37.0 Å². The van der Waals surface area contributed by atoms with Crippen LogP contribution < -0.4 is 10.1 Å². The zero-order valence-electron chi connectivity index (χ0n) is 16.4. The molecule has 1 amide bonds. The van der Waals surface area contributed by atoms with Crippen molar-refractivity contribution in [3.05, 3.63) is 46.9 Å². The van der Waals surface area contributed by atoms with E-state index in [2.05, 4.69) is 10.3 Å². The van der Waals surface area contributed by atoms with E-state index in [1.54, 1.807) is 18.3 Å². The van der Waals surface area contributed by atoms with Gasteiger partial charge in [0, 0.05) is 48.1 Å². The number of nitrogens with zero attached hydrogens (tertiary/aromatic N) is 2. The second kappa shape index (κ2) is 7.52. The van der Waals surface area contributed by atoms with Crippen LogP contribution in [0.4, 0.5) is 15.9 Å². The van der Waals surface area contributed by atoms with Crippen LogP contribution in [0.2, 0.25) is 0 Å². The lowest BCUT2D eigenvalue weighted by Crippen LogP contribution is -2.38. The van der Waals surface area contributed by atoms with E-state index in [1.165, 1.54) is 24.3 Å². The van der Waals surface area contributed by atoms with E-state index in [-0.39, 0.29) is 11.7 Å². The molecular formula is C22H24FN3O2S. The molecule has 1 N–H and O–H groups in total. The van der Waals surface area contributed by atoms with Crippen LogP contribution >= 0.6 is 11.8 Å². The summed E-state index contributed by atoms with van der Waals surface area (Å²) in [5.74, 6) is 3.59. The molecule has 2 aliphatic carbocycles. The molecule has 2 atom stereocenters. The van der Waals surface area contributed by atoms with Crippen LogP contribution in [0, 0.1) is 5.82 Å². The van der Waals surface area contributed by atoms with E-state index in [1.807, 2.05) is 16.7 Å². The molecule has 5 nitrogen and oxygen atoms in total. The fourth-order valence-corrected chi connectivity index (χ4v) is 5.88. The first-order chi connectivity index (χ1) is 14.2. The van der Waals surface area contributed by atoms with Gasteiger partial charge in [-0.15, -0.1) is 0 Å². The zero-order valence-corrected chi connectivity index (χ0v) is 17.2. The number of halogens is 1. The van der Waals surface area contributed by atoms with Gasteiger partial charge < -0.3 is 15.0 Å². The largest absolute Gasteiger partial charge is 0.494 e. The van der Waals surface area contributed by atoms with Gasteiger partial charge >= 0.3 is 0 Å². The third-order valence-corrected chi connectivity index (χ3v) is 7.29. The SMILES string of the molecule is COc1cc(Nc2ncc(C(=O)N3CCSCC3)c3c2C2CCC3C2)ccc1F. The smallest absolute Gasteiger partial charge is 0.255 e. The molecule has 2 aromatic rings. The van der Waals surface area contributed by atoms with Crippen molar-refractivity contribution in [1.82, 2.24) is 9.88 Å². The lowest BCUT2D eigenvalue weighted by molar-refractivity contribution is 0.0770. The van der Waals surface area contributed by atoms with Crippen LogP contribution in [0.1, 0.15) is 52.6 Å². The Morgan fingerprint density at radius 1 is 1.24 bits per heavy atom. The van der Waals surface area contributed by atoms with Crippen molar-refractivity contribution >= 4 is 29.2 Å². The zero-order chi connectivity index (χ0) is 20.0. The maximum absolute atomic E-state index is 13.8. The number of amides is 1. The van der Waals surface area contributed by atoms with Crippen molar-refractivity contribution in [3.8, 4) is 5.75 Å². The number of hydrogen-bond acceptors (Lipinski definition) is 5. The third kappa shape index (κ3) is 3.25. The second-order valence-electron chi connectivity index (χ2n) is 7.93. The third-order valence-electron chi connectivity index (χ3n) is 6.35. The summed E-state index contributed by atoms with van der Waals surface area (Å²) in [5.41, 5.74) is 3.88. The van der Waals surface area contributed by atoms with E-state index in [9.17, 15) is 9.18 Å². The summed E-state index contributed by atoms with van der Waals surface area (Å²) in [5, 5.41) is 3.35. The van der Waals surface area contributed by atoms with Crippen LogP contribution in [0.3, 0.4) is 0 Å². The number of thioether (sulfide) groups is 1. The van der Waals surface area contributed by atoms with Crippen LogP contribution in [-0.4, -0.2) is 47.5 Å². The van der Waals surface area contributed by atoms with Gasteiger partial charge in [0.05, 0.1) is 12.7 Å². The average molecular weight is 414 g/mol. The molecule has 2 unspecified atom stereocenters. The maximum Gasteiger partial charge on any atom is 0.255 e. The first kappa shape index (κ1) is 18.7. The minimum absolute atomic E-state index is 0.122. The first-order valence-electron chi connectivity index (χ1n) is 10.2. The molecular weight excluding hydrogens is 389 g/mol. The average Bonchev–Trinajstić information content (AvgIpc) is 3.38. The highest BCUT2D eigenvalue weighted by Gasteiger charge is 2.42. The topological polar surface area (TPSA) is 54.5 Å². The van der Waals surface area contributed by atoms with Gasteiger partial charge in [-0.05, 0) is 48.8 Å². The van der Waals surface area contributed by atoms with E-state index >= 15 is 0 Å². The Morgan fingerprint density at radius 2 is 2.00 bits per heavy atom. The number of ether oxygens (including phenoxy) is 1. The lowest BCUT2D eigenvalue weighted by Gasteiger charge is -2.29. The van der Waals surface area contributed by atoms with Gasteiger partial charge in [-0.1, -0.05) is 0 Å². The summed E-state index contributed by atoms with van der Waals surface area (Å²) in [6, 6.07) is 4.71. The van der Waals surface area contributed by atoms with Gasteiger partial charge in [0.15, 0.2) is 11.6 Å². The fourth-order valence-electron chi connectivity index (χ4n) is 4.98. The number of anilines is 2. The number of benzene rings is 1. The molecule has 2 heterocycles. The fraction of sp³-hybridized carbons (Fsp3) is 0.455. The van der Waals surface area contributed by atoms with Crippen LogP contribution in [0.15, 0.2) is 24.4 Å². The molecule has 0 radical (unpaired) electrons. The number of fused-ring (bicyclic) bond motifs is 5. The van der Waals surface area contributed by atoms with Crippen molar-refractivity contribution in [3.63, 3.8) is 0 Å². The second-order valence-corrected chi connectivity index (χ2v) is 9.16. The van der Waals surface area contributed by atoms with E-state index in [4.69, 9.17) is 4.74 Å². The highest BCUT2D eigenvalue weighted by atomic mass is 32.2. The van der Waals surface area contributed by atoms with Gasteiger partial charge in [0.2, 0.25) is 0 Å². The Morgan fingerprint density at radius 3 is 2.76 bits per heavy atom. The van der Waals surface area contributed by atoms with Gasteiger partial charge in [0.25, 0.3) is 5.91 Å². The molecule has 152 valence electrons. The Bertz CT molecular complexity index is 961. The molecule has 7 heteroatoms. The van der Waals surface area contributed by atoms with Crippen LogP contribution in [-0.2, 0) is 0 Å². The summed E-state index contributed by atoms with van der Waals surface area (Å²) in [4.78, 5) is 19.9. The number of nitrogens with one attached hydrogen (secondary N) is 1. The number of hydrogen-bond donors (Lipinski definition) is 1. The molecule has 0 spiro atoms. The summed E-state index contributed by atoms with van der Waals surface area (Å²) >= 11 is 1.90. The van der Waals surface area contributed by atoms with Crippen molar-refractivity contribution < 1.29 is 13.9 Å². The number of aromatic nitrogens is 1. The van der Waals surface area contributed by atoms with E-state index in [0.29, 0.717) is 11.8 Å². The molecule has 2 fully saturated rings. The molecule has 1 aromatic carbocycles. The molecule has 2 bridgehead atoms. The minimum atomic E-state index is -0.393. The first-order valence-corrected chi connectivity index (χ1v) is 11.3. The monoisotopic (exact) mass is 413 g/mol. The number of methoxy groups -OCH3 is 1. The molecule has 5 rings (SSSR count). The van der Waals surface area contributed by atoms with E-state index < -0.39 is 5.82 Å². The highest BCUT2D eigenvalue weighted by Crippen LogP contribution is 2.56. The predicted molar refractivity (Wildman–Crippen MR) is 113 cm³/mol. The number of carbonyl (C=O) groups excluding carboxylic acids is 1. The van der Waals surface area contributed by atoms with Crippen molar-refractivity contribution in [2.24, 2.45) is 0 Å². The number of rotatable bonds is 4. The molecule has 1 saturated heterocycles.